The number of hydrogen-bond donors (Lipinski definition) is 8. The molecule has 3 heterocycles. The number of benzene rings is 7. The number of hydrogen-bond acceptors (Lipinski definition) is 11. The van der Waals surface area contributed by atoms with Gasteiger partial charge in [-0.25, -0.2) is 0 Å². The van der Waals surface area contributed by atoms with Gasteiger partial charge in [0, 0.05) is 40.8 Å². The highest BCUT2D eigenvalue weighted by Gasteiger charge is 2.48. The Labute approximate surface area is 349 Å². The fourth-order valence-corrected chi connectivity index (χ4v) is 9.16. The summed E-state index contributed by atoms with van der Waals surface area (Å²) in [6, 6.07) is 37.3. The average Bonchev–Trinajstić information content (AvgIpc) is 3.95. The van der Waals surface area contributed by atoms with Crippen LogP contribution in [0, 0.1) is 0 Å². The van der Waals surface area contributed by atoms with Crippen LogP contribution < -0.4 is 9.47 Å². The Morgan fingerprint density at radius 2 is 0.738 bits per heavy atom. The van der Waals surface area contributed by atoms with Crippen molar-refractivity contribution >= 4 is 5.76 Å². The summed E-state index contributed by atoms with van der Waals surface area (Å²) in [5.41, 5.74) is 5.88. The number of phenolic OH excluding ortho intramolecular Hbond substituents is 8. The summed E-state index contributed by atoms with van der Waals surface area (Å²) in [5, 5.41) is 85.6. The monoisotopic (exact) mass is 814 g/mol. The molecule has 7 aromatic carbocycles. The van der Waals surface area contributed by atoms with Crippen molar-refractivity contribution < 1.29 is 55.1 Å². The molecular formula is C50H38O11. The van der Waals surface area contributed by atoms with E-state index in [4.69, 9.17) is 14.2 Å². The van der Waals surface area contributed by atoms with Gasteiger partial charge < -0.3 is 55.1 Å². The van der Waals surface area contributed by atoms with E-state index in [-0.39, 0.29) is 46.0 Å². The molecule has 10 rings (SSSR count). The molecule has 0 aromatic heterocycles. The van der Waals surface area contributed by atoms with E-state index >= 15 is 0 Å². The van der Waals surface area contributed by atoms with Gasteiger partial charge in [0.2, 0.25) is 0 Å². The van der Waals surface area contributed by atoms with Crippen molar-refractivity contribution in [3.05, 3.63) is 196 Å². The smallest absolute Gasteiger partial charge is 0.135 e. The van der Waals surface area contributed by atoms with Crippen LogP contribution in [0.2, 0.25) is 0 Å². The molecule has 0 aliphatic carbocycles. The summed E-state index contributed by atoms with van der Waals surface area (Å²) in [5.74, 6) is -0.959. The summed E-state index contributed by atoms with van der Waals surface area (Å²) in [6.07, 6.45) is -0.241. The zero-order chi connectivity index (χ0) is 42.1. The predicted molar refractivity (Wildman–Crippen MR) is 223 cm³/mol. The lowest BCUT2D eigenvalue weighted by Crippen LogP contribution is -2.17. The summed E-state index contributed by atoms with van der Waals surface area (Å²) in [6.45, 7) is 0. The zero-order valence-corrected chi connectivity index (χ0v) is 32.1. The van der Waals surface area contributed by atoms with Crippen LogP contribution in [0.1, 0.15) is 86.1 Å². The Hall–Kier alpha value is -7.92. The number of rotatable bonds is 7. The SMILES string of the molecule is Oc1ccc(C2=C[C@@H](c3cc(O)cc4c3[C@H](c3cc(O)cc5c3[C@H](c3cc(O)cc(O)c3)[C@H](c3ccc(O)cc3)O5)[C@H](c3ccc(O)cc3)O4)[C@@H](c3ccc(O)cc3)O2)cc1. The van der Waals surface area contributed by atoms with E-state index < -0.39 is 36.1 Å². The molecule has 3 aliphatic rings. The maximum absolute atomic E-state index is 11.6. The molecule has 6 atom stereocenters. The van der Waals surface area contributed by atoms with Gasteiger partial charge in [-0.1, -0.05) is 36.4 Å². The van der Waals surface area contributed by atoms with E-state index in [1.54, 1.807) is 127 Å². The first-order valence-corrected chi connectivity index (χ1v) is 19.6. The largest absolute Gasteiger partial charge is 0.508 e. The lowest BCUT2D eigenvalue weighted by molar-refractivity contribution is 0.178. The number of phenols is 8. The summed E-state index contributed by atoms with van der Waals surface area (Å²) < 4.78 is 20.3. The Bertz CT molecular complexity index is 2810. The first-order valence-electron chi connectivity index (χ1n) is 19.6. The van der Waals surface area contributed by atoms with Gasteiger partial charge in [-0.2, -0.15) is 0 Å². The second-order valence-electron chi connectivity index (χ2n) is 15.6. The topological polar surface area (TPSA) is 190 Å². The van der Waals surface area contributed by atoms with Gasteiger partial charge in [-0.3, -0.25) is 0 Å². The Kier molecular flexibility index (Phi) is 8.83. The molecule has 0 saturated heterocycles. The van der Waals surface area contributed by atoms with Gasteiger partial charge in [0.15, 0.2) is 0 Å². The zero-order valence-electron chi connectivity index (χ0n) is 32.1. The lowest BCUT2D eigenvalue weighted by atomic mass is 9.74. The molecule has 11 nitrogen and oxygen atoms in total. The molecule has 7 aromatic rings. The van der Waals surface area contributed by atoms with Crippen LogP contribution in [0.25, 0.3) is 5.76 Å². The molecule has 11 heteroatoms. The maximum Gasteiger partial charge on any atom is 0.135 e. The van der Waals surface area contributed by atoms with E-state index in [9.17, 15) is 40.9 Å². The van der Waals surface area contributed by atoms with Crippen LogP contribution in [-0.4, -0.2) is 40.9 Å². The third-order valence-corrected chi connectivity index (χ3v) is 11.8. The fourth-order valence-electron chi connectivity index (χ4n) is 9.16. The average molecular weight is 815 g/mol. The van der Waals surface area contributed by atoms with E-state index in [1.165, 1.54) is 12.1 Å². The van der Waals surface area contributed by atoms with Crippen molar-refractivity contribution in [2.75, 3.05) is 0 Å². The van der Waals surface area contributed by atoms with Gasteiger partial charge in [0.1, 0.15) is 81.6 Å². The van der Waals surface area contributed by atoms with Crippen LogP contribution in [0.4, 0.5) is 0 Å². The summed E-state index contributed by atoms with van der Waals surface area (Å²) in [7, 11) is 0. The molecule has 0 radical (unpaired) electrons. The van der Waals surface area contributed by atoms with Crippen molar-refractivity contribution in [1.29, 1.82) is 0 Å². The Morgan fingerprint density at radius 3 is 1.25 bits per heavy atom. The Balaban J connectivity index is 1.22. The van der Waals surface area contributed by atoms with E-state index in [0.29, 0.717) is 61.8 Å². The maximum atomic E-state index is 11.6. The molecule has 0 fully saturated rings. The molecule has 0 saturated carbocycles. The first-order chi connectivity index (χ1) is 29.5. The molecule has 0 unspecified atom stereocenters. The number of fused-ring (bicyclic) bond motifs is 2. The summed E-state index contributed by atoms with van der Waals surface area (Å²) >= 11 is 0. The first kappa shape index (κ1) is 37.4. The molecule has 8 N–H and O–H groups in total. The number of aromatic hydroxyl groups is 8. The molecule has 304 valence electrons. The van der Waals surface area contributed by atoms with E-state index in [1.807, 2.05) is 6.08 Å². The van der Waals surface area contributed by atoms with Crippen LogP contribution in [0.15, 0.2) is 146 Å². The molecule has 0 spiro atoms. The molecule has 3 aliphatic heterocycles. The third kappa shape index (κ3) is 6.66. The highest BCUT2D eigenvalue weighted by molar-refractivity contribution is 5.69. The van der Waals surface area contributed by atoms with Gasteiger partial charge >= 0.3 is 0 Å². The van der Waals surface area contributed by atoms with Gasteiger partial charge in [-0.15, -0.1) is 0 Å². The second kappa shape index (κ2) is 14.4. The van der Waals surface area contributed by atoms with Crippen LogP contribution in [0.5, 0.6) is 57.5 Å². The molecule has 0 bridgehead atoms. The van der Waals surface area contributed by atoms with Crippen molar-refractivity contribution in [2.45, 2.75) is 36.1 Å². The highest BCUT2D eigenvalue weighted by Crippen LogP contribution is 2.61. The minimum atomic E-state index is -0.789. The standard InChI is InChI=1S/C50H38O11/c51-30-9-1-25(2-10-30)41-24-39(48(59-41)26-3-11-31(52)12-4-26)38-20-36(57)22-42-45(38)47(50(61-42)28-7-15-33(54)16-8-28)40-21-37(58)23-43-46(40)44(29-17-34(55)19-35(56)18-29)49(60-43)27-5-13-32(53)14-6-27/h1-24,39,44,47-58H/t39-,44-,47-,48+,49-,50-/m0/s1. The van der Waals surface area contributed by atoms with Crippen LogP contribution >= 0.6 is 0 Å². The van der Waals surface area contributed by atoms with Gasteiger partial charge in [-0.05, 0) is 124 Å². The second-order valence-corrected chi connectivity index (χ2v) is 15.6. The van der Waals surface area contributed by atoms with Crippen molar-refractivity contribution in [3.63, 3.8) is 0 Å². The Morgan fingerprint density at radius 1 is 0.328 bits per heavy atom. The van der Waals surface area contributed by atoms with Crippen molar-refractivity contribution in [3.8, 4) is 57.5 Å². The summed E-state index contributed by atoms with van der Waals surface area (Å²) in [4.78, 5) is 0. The highest BCUT2D eigenvalue weighted by atomic mass is 16.5. The van der Waals surface area contributed by atoms with Crippen LogP contribution in [-0.2, 0) is 4.74 Å². The minimum absolute atomic E-state index is 0.0491. The third-order valence-electron chi connectivity index (χ3n) is 11.8. The molecule has 61 heavy (non-hydrogen) atoms. The normalized spacial score (nSPS) is 21.1. The van der Waals surface area contributed by atoms with Crippen molar-refractivity contribution in [1.82, 2.24) is 0 Å². The van der Waals surface area contributed by atoms with Gasteiger partial charge in [0.25, 0.3) is 0 Å². The predicted octanol–water partition coefficient (Wildman–Crippen LogP) is 9.76. The number of ether oxygens (including phenoxy) is 3. The van der Waals surface area contributed by atoms with E-state index in [2.05, 4.69) is 0 Å². The van der Waals surface area contributed by atoms with E-state index in [0.717, 1.165) is 5.56 Å². The van der Waals surface area contributed by atoms with Gasteiger partial charge in [0.05, 0.1) is 11.8 Å². The minimum Gasteiger partial charge on any atom is -0.508 e. The fraction of sp³-hybridized carbons (Fsp3) is 0.120. The van der Waals surface area contributed by atoms with Crippen molar-refractivity contribution in [2.24, 2.45) is 0 Å². The molecular weight excluding hydrogens is 777 g/mol. The van der Waals surface area contributed by atoms with Crippen LogP contribution in [0.3, 0.4) is 0 Å². The molecule has 0 amide bonds. The lowest BCUT2D eigenvalue weighted by Gasteiger charge is -2.28. The quantitative estimate of drug-likeness (QED) is 0.0765.